The average molecular weight is 297 g/mol. The zero-order valence-corrected chi connectivity index (χ0v) is 13.9. The van der Waals surface area contributed by atoms with Gasteiger partial charge in [-0.2, -0.15) is 0 Å². The van der Waals surface area contributed by atoms with Crippen molar-refractivity contribution in [1.29, 1.82) is 0 Å². The molecule has 1 aromatic carbocycles. The molecule has 114 valence electrons. The number of unbranched alkanes of at least 4 members (excludes halogenated alkanes) is 2. The van der Waals surface area contributed by atoms with Crippen LogP contribution in [0.3, 0.4) is 0 Å². The summed E-state index contributed by atoms with van der Waals surface area (Å²) in [6, 6.07) is 6.57. The van der Waals surface area contributed by atoms with Crippen molar-refractivity contribution in [2.75, 3.05) is 18.0 Å². The number of rotatable bonds is 9. The largest absolute Gasteiger partial charge is 0.370 e. The number of nitrogens with zero attached hydrogens (tertiary/aromatic N) is 1. The summed E-state index contributed by atoms with van der Waals surface area (Å²) in [6.45, 7) is 8.65. The van der Waals surface area contributed by atoms with Gasteiger partial charge in [0.25, 0.3) is 0 Å². The van der Waals surface area contributed by atoms with Gasteiger partial charge in [-0.05, 0) is 43.9 Å². The molecule has 0 saturated heterocycles. The summed E-state index contributed by atoms with van der Waals surface area (Å²) in [5.74, 6) is 0. The van der Waals surface area contributed by atoms with Gasteiger partial charge < -0.3 is 10.6 Å². The average Bonchev–Trinajstić information content (AvgIpc) is 2.39. The van der Waals surface area contributed by atoms with Crippen molar-refractivity contribution in [3.05, 3.63) is 28.8 Å². The van der Waals surface area contributed by atoms with Crippen LogP contribution >= 0.6 is 11.6 Å². The Morgan fingerprint density at radius 2 is 1.75 bits per heavy atom. The number of halogens is 1. The standard InChI is InChI=1S/C17H29ClN2/c1-4-6-10-20(11-7-5-2)17-9-8-15(12-14(3)19)13-16(17)18/h8-9,13-14H,4-7,10-12,19H2,1-3H3. The zero-order valence-electron chi connectivity index (χ0n) is 13.2. The van der Waals surface area contributed by atoms with Crippen molar-refractivity contribution < 1.29 is 0 Å². The molecule has 0 amide bonds. The third kappa shape index (κ3) is 5.72. The topological polar surface area (TPSA) is 29.3 Å². The van der Waals surface area contributed by atoms with Crippen molar-refractivity contribution in [2.24, 2.45) is 5.73 Å². The maximum absolute atomic E-state index is 6.48. The number of anilines is 1. The molecule has 0 fully saturated rings. The molecule has 2 N–H and O–H groups in total. The molecule has 0 bridgehead atoms. The minimum atomic E-state index is 0.174. The Morgan fingerprint density at radius 1 is 1.15 bits per heavy atom. The molecule has 0 heterocycles. The molecule has 0 spiro atoms. The van der Waals surface area contributed by atoms with Crippen LogP contribution in [-0.4, -0.2) is 19.1 Å². The summed E-state index contributed by atoms with van der Waals surface area (Å²) in [6.07, 6.45) is 5.72. The SMILES string of the molecule is CCCCN(CCCC)c1ccc(CC(C)N)cc1Cl. The van der Waals surface area contributed by atoms with E-state index >= 15 is 0 Å². The predicted molar refractivity (Wildman–Crippen MR) is 90.8 cm³/mol. The van der Waals surface area contributed by atoms with E-state index in [0.717, 1.165) is 24.5 Å². The number of hydrogen-bond donors (Lipinski definition) is 1. The van der Waals surface area contributed by atoms with Gasteiger partial charge in [0.05, 0.1) is 10.7 Å². The first-order valence-electron chi connectivity index (χ1n) is 7.87. The van der Waals surface area contributed by atoms with Gasteiger partial charge in [0.15, 0.2) is 0 Å². The van der Waals surface area contributed by atoms with E-state index in [1.807, 2.05) is 6.92 Å². The van der Waals surface area contributed by atoms with Crippen molar-refractivity contribution in [2.45, 2.75) is 58.9 Å². The Morgan fingerprint density at radius 3 is 2.20 bits per heavy atom. The fourth-order valence-electron chi connectivity index (χ4n) is 2.36. The van der Waals surface area contributed by atoms with Crippen LogP contribution in [-0.2, 0) is 6.42 Å². The van der Waals surface area contributed by atoms with E-state index in [0.29, 0.717) is 0 Å². The van der Waals surface area contributed by atoms with E-state index in [4.69, 9.17) is 17.3 Å². The van der Waals surface area contributed by atoms with Crippen LogP contribution in [0.1, 0.15) is 52.0 Å². The summed E-state index contributed by atoms with van der Waals surface area (Å²) < 4.78 is 0. The van der Waals surface area contributed by atoms with Gasteiger partial charge in [0.2, 0.25) is 0 Å². The second-order valence-electron chi connectivity index (χ2n) is 5.66. The van der Waals surface area contributed by atoms with E-state index in [2.05, 4.69) is 36.9 Å². The Bertz CT molecular complexity index is 383. The molecule has 1 aromatic rings. The Hall–Kier alpha value is -0.730. The van der Waals surface area contributed by atoms with Gasteiger partial charge in [-0.25, -0.2) is 0 Å². The molecule has 2 nitrogen and oxygen atoms in total. The van der Waals surface area contributed by atoms with Crippen LogP contribution in [0.2, 0.25) is 5.02 Å². The molecule has 0 aliphatic heterocycles. The molecular weight excluding hydrogens is 268 g/mol. The van der Waals surface area contributed by atoms with Crippen molar-refractivity contribution in [3.63, 3.8) is 0 Å². The molecule has 0 aliphatic carbocycles. The van der Waals surface area contributed by atoms with Gasteiger partial charge in [0.1, 0.15) is 0 Å². The minimum absolute atomic E-state index is 0.174. The lowest BCUT2D eigenvalue weighted by atomic mass is 10.1. The third-order valence-corrected chi connectivity index (χ3v) is 3.78. The summed E-state index contributed by atoms with van der Waals surface area (Å²) in [5, 5.41) is 0.857. The lowest BCUT2D eigenvalue weighted by molar-refractivity contribution is 0.677. The summed E-state index contributed by atoms with van der Waals surface area (Å²) in [7, 11) is 0. The predicted octanol–water partition coefficient (Wildman–Crippen LogP) is 4.64. The van der Waals surface area contributed by atoms with E-state index in [1.165, 1.54) is 36.9 Å². The quantitative estimate of drug-likeness (QED) is 0.719. The van der Waals surface area contributed by atoms with Gasteiger partial charge >= 0.3 is 0 Å². The zero-order chi connectivity index (χ0) is 15.0. The normalized spacial score (nSPS) is 12.4. The highest BCUT2D eigenvalue weighted by atomic mass is 35.5. The van der Waals surface area contributed by atoms with Crippen LogP contribution in [0, 0.1) is 0 Å². The fourth-order valence-corrected chi connectivity index (χ4v) is 2.68. The Balaban J connectivity index is 2.83. The molecule has 0 aliphatic rings. The molecule has 20 heavy (non-hydrogen) atoms. The molecular formula is C17H29ClN2. The highest BCUT2D eigenvalue weighted by molar-refractivity contribution is 6.33. The first kappa shape index (κ1) is 17.3. The first-order chi connectivity index (χ1) is 9.58. The molecule has 1 rings (SSSR count). The molecule has 0 radical (unpaired) electrons. The lowest BCUT2D eigenvalue weighted by Gasteiger charge is -2.26. The summed E-state index contributed by atoms with van der Waals surface area (Å²) in [4.78, 5) is 2.42. The van der Waals surface area contributed by atoms with Crippen LogP contribution in [0.25, 0.3) is 0 Å². The number of nitrogens with two attached hydrogens (primary N) is 1. The maximum atomic E-state index is 6.48. The van der Waals surface area contributed by atoms with Crippen molar-refractivity contribution in [3.8, 4) is 0 Å². The summed E-state index contributed by atoms with van der Waals surface area (Å²) >= 11 is 6.48. The second kappa shape index (κ2) is 9.25. The smallest absolute Gasteiger partial charge is 0.0642 e. The molecule has 0 aromatic heterocycles. The molecule has 1 atom stereocenters. The molecule has 3 heteroatoms. The Kier molecular flexibility index (Phi) is 8.01. The van der Waals surface area contributed by atoms with E-state index in [-0.39, 0.29) is 6.04 Å². The van der Waals surface area contributed by atoms with Crippen LogP contribution < -0.4 is 10.6 Å². The lowest BCUT2D eigenvalue weighted by Crippen LogP contribution is -2.26. The number of benzene rings is 1. The van der Waals surface area contributed by atoms with Crippen LogP contribution in [0.4, 0.5) is 5.69 Å². The van der Waals surface area contributed by atoms with Crippen LogP contribution in [0.15, 0.2) is 18.2 Å². The number of hydrogen-bond acceptors (Lipinski definition) is 2. The first-order valence-corrected chi connectivity index (χ1v) is 8.25. The fraction of sp³-hybridized carbons (Fsp3) is 0.647. The highest BCUT2D eigenvalue weighted by Gasteiger charge is 2.11. The van der Waals surface area contributed by atoms with Crippen molar-refractivity contribution in [1.82, 2.24) is 0 Å². The van der Waals surface area contributed by atoms with Crippen molar-refractivity contribution >= 4 is 17.3 Å². The Labute approximate surface area is 129 Å². The van der Waals surface area contributed by atoms with Gasteiger partial charge in [-0.3, -0.25) is 0 Å². The van der Waals surface area contributed by atoms with Gasteiger partial charge in [-0.1, -0.05) is 44.4 Å². The second-order valence-corrected chi connectivity index (χ2v) is 6.07. The minimum Gasteiger partial charge on any atom is -0.370 e. The van der Waals surface area contributed by atoms with E-state index < -0.39 is 0 Å². The monoisotopic (exact) mass is 296 g/mol. The third-order valence-electron chi connectivity index (χ3n) is 3.47. The molecule has 0 saturated carbocycles. The van der Waals surface area contributed by atoms with Gasteiger partial charge in [0, 0.05) is 19.1 Å². The molecule has 1 unspecified atom stereocenters. The van der Waals surface area contributed by atoms with E-state index in [9.17, 15) is 0 Å². The van der Waals surface area contributed by atoms with E-state index in [1.54, 1.807) is 0 Å². The summed E-state index contributed by atoms with van der Waals surface area (Å²) in [5.41, 5.74) is 8.24. The highest BCUT2D eigenvalue weighted by Crippen LogP contribution is 2.28. The van der Waals surface area contributed by atoms with Crippen LogP contribution in [0.5, 0.6) is 0 Å². The maximum Gasteiger partial charge on any atom is 0.0642 e. The van der Waals surface area contributed by atoms with Gasteiger partial charge in [-0.15, -0.1) is 0 Å².